The third-order valence-corrected chi connectivity index (χ3v) is 5.64. The second-order valence-electron chi connectivity index (χ2n) is 5.23. The van der Waals surface area contributed by atoms with Crippen LogP contribution in [0.5, 0.6) is 0 Å². The smallest absolute Gasteiger partial charge is 0.218 e. The summed E-state index contributed by atoms with van der Waals surface area (Å²) in [5.74, 6) is -0.0679. The van der Waals surface area contributed by atoms with Crippen LogP contribution in [0.15, 0.2) is 24.3 Å². The van der Waals surface area contributed by atoms with Gasteiger partial charge in [0, 0.05) is 24.9 Å². The molecular formula is C14H22N2O3S. The second-order valence-corrected chi connectivity index (χ2v) is 7.15. The molecule has 112 valence electrons. The van der Waals surface area contributed by atoms with Gasteiger partial charge in [-0.2, -0.15) is 4.31 Å². The molecule has 3 N–H and O–H groups in total. The number of nitrogens with two attached hydrogens (primary N) is 1. The Morgan fingerprint density at radius 1 is 1.30 bits per heavy atom. The molecule has 0 unspecified atom stereocenters. The third-order valence-electron chi connectivity index (χ3n) is 3.77. The molecule has 0 bridgehead atoms. The van der Waals surface area contributed by atoms with Gasteiger partial charge in [-0.15, -0.1) is 0 Å². The predicted molar refractivity (Wildman–Crippen MR) is 79.5 cm³/mol. The quantitative estimate of drug-likeness (QED) is 0.744. The zero-order chi connectivity index (χ0) is 14.6. The number of sulfonamides is 1. The molecule has 0 atom stereocenters. The van der Waals surface area contributed by atoms with Gasteiger partial charge in [-0.05, 0) is 30.9 Å². The number of aliphatic hydroxyl groups excluding tert-OH is 1. The van der Waals surface area contributed by atoms with Crippen LogP contribution in [0.4, 0.5) is 5.69 Å². The van der Waals surface area contributed by atoms with Crippen LogP contribution in [-0.2, 0) is 15.8 Å². The van der Waals surface area contributed by atoms with Crippen molar-refractivity contribution in [2.45, 2.75) is 37.5 Å². The van der Waals surface area contributed by atoms with E-state index >= 15 is 0 Å². The van der Waals surface area contributed by atoms with Crippen molar-refractivity contribution in [2.75, 3.05) is 18.9 Å². The van der Waals surface area contributed by atoms with Crippen LogP contribution >= 0.6 is 0 Å². The number of benzene rings is 1. The van der Waals surface area contributed by atoms with Crippen molar-refractivity contribution in [3.05, 3.63) is 29.8 Å². The Morgan fingerprint density at radius 3 is 2.55 bits per heavy atom. The number of rotatable bonds is 7. The summed E-state index contributed by atoms with van der Waals surface area (Å²) in [4.78, 5) is 0. The van der Waals surface area contributed by atoms with Crippen LogP contribution in [0, 0.1) is 0 Å². The van der Waals surface area contributed by atoms with Gasteiger partial charge in [0.15, 0.2) is 0 Å². The largest absolute Gasteiger partial charge is 0.398 e. The minimum atomic E-state index is -3.39. The lowest BCUT2D eigenvalue weighted by molar-refractivity contribution is 0.198. The van der Waals surface area contributed by atoms with Crippen LogP contribution in [0.3, 0.4) is 0 Å². The highest BCUT2D eigenvalue weighted by Gasteiger charge is 2.33. The zero-order valence-electron chi connectivity index (χ0n) is 11.5. The van der Waals surface area contributed by atoms with Crippen molar-refractivity contribution in [1.82, 2.24) is 4.31 Å². The molecule has 0 aliphatic heterocycles. The molecule has 1 aliphatic rings. The summed E-state index contributed by atoms with van der Waals surface area (Å²) in [6.45, 7) is 0.391. The fraction of sp³-hybridized carbons (Fsp3) is 0.571. The lowest BCUT2D eigenvalue weighted by Crippen LogP contribution is -2.45. The van der Waals surface area contributed by atoms with E-state index in [0.717, 1.165) is 19.3 Å². The molecule has 2 rings (SSSR count). The minimum absolute atomic E-state index is 0.00617. The Kier molecular flexibility index (Phi) is 5.01. The molecule has 1 fully saturated rings. The predicted octanol–water partition coefficient (Wildman–Crippen LogP) is 1.34. The molecule has 0 amide bonds. The number of hydrogen-bond donors (Lipinski definition) is 2. The zero-order valence-corrected chi connectivity index (χ0v) is 12.3. The van der Waals surface area contributed by atoms with Crippen LogP contribution < -0.4 is 5.73 Å². The maximum Gasteiger partial charge on any atom is 0.218 e. The first kappa shape index (κ1) is 15.3. The van der Waals surface area contributed by atoms with Gasteiger partial charge >= 0.3 is 0 Å². The molecular weight excluding hydrogens is 276 g/mol. The molecule has 1 saturated carbocycles. The first-order valence-corrected chi connectivity index (χ1v) is 8.59. The van der Waals surface area contributed by atoms with Crippen LogP contribution in [0.25, 0.3) is 0 Å². The number of aliphatic hydroxyl groups is 1. The van der Waals surface area contributed by atoms with Crippen molar-refractivity contribution >= 4 is 15.7 Å². The van der Waals surface area contributed by atoms with Crippen molar-refractivity contribution in [3.8, 4) is 0 Å². The molecule has 0 spiro atoms. The van der Waals surface area contributed by atoms with Gasteiger partial charge in [-0.1, -0.05) is 24.6 Å². The number of hydrogen-bond acceptors (Lipinski definition) is 4. The lowest BCUT2D eigenvalue weighted by Gasteiger charge is -2.36. The molecule has 5 nitrogen and oxygen atoms in total. The Labute approximate surface area is 120 Å². The molecule has 1 aromatic carbocycles. The van der Waals surface area contributed by atoms with Crippen molar-refractivity contribution in [3.63, 3.8) is 0 Å². The van der Waals surface area contributed by atoms with Gasteiger partial charge in [-0.3, -0.25) is 0 Å². The lowest BCUT2D eigenvalue weighted by atomic mass is 9.93. The summed E-state index contributed by atoms with van der Waals surface area (Å²) in [7, 11) is -3.39. The van der Waals surface area contributed by atoms with E-state index in [2.05, 4.69) is 0 Å². The fourth-order valence-corrected chi connectivity index (χ4v) is 4.29. The summed E-state index contributed by atoms with van der Waals surface area (Å²) < 4.78 is 26.7. The van der Waals surface area contributed by atoms with Crippen LogP contribution in [0.2, 0.25) is 0 Å². The van der Waals surface area contributed by atoms with E-state index in [1.54, 1.807) is 28.6 Å². The molecule has 0 radical (unpaired) electrons. The highest BCUT2D eigenvalue weighted by Crippen LogP contribution is 2.29. The summed E-state index contributed by atoms with van der Waals surface area (Å²) >= 11 is 0. The van der Waals surface area contributed by atoms with Crippen molar-refractivity contribution < 1.29 is 13.5 Å². The Hall–Kier alpha value is -1.11. The maximum absolute atomic E-state index is 12.6. The summed E-state index contributed by atoms with van der Waals surface area (Å²) in [6, 6.07) is 7.14. The molecule has 1 aliphatic carbocycles. The normalized spacial score (nSPS) is 16.3. The Bertz CT molecular complexity index is 541. The van der Waals surface area contributed by atoms with Crippen molar-refractivity contribution in [1.29, 1.82) is 0 Å². The third kappa shape index (κ3) is 3.50. The number of anilines is 1. The molecule has 6 heteroatoms. The fourth-order valence-electron chi connectivity index (χ4n) is 2.40. The molecule has 0 aromatic heterocycles. The summed E-state index contributed by atoms with van der Waals surface area (Å²) in [5, 5.41) is 8.95. The van der Waals surface area contributed by atoms with Gasteiger partial charge < -0.3 is 10.8 Å². The van der Waals surface area contributed by atoms with Gasteiger partial charge in [0.05, 0.1) is 5.75 Å². The first-order chi connectivity index (χ1) is 9.54. The molecule has 0 heterocycles. The SMILES string of the molecule is Nc1ccccc1CS(=O)(=O)N(CCCO)C1CCC1. The maximum atomic E-state index is 12.6. The van der Waals surface area contributed by atoms with E-state index in [1.165, 1.54) is 0 Å². The minimum Gasteiger partial charge on any atom is -0.398 e. The standard InChI is InChI=1S/C14H22N2O3S/c15-14-8-2-1-5-12(14)11-20(18,19)16(9-4-10-17)13-6-3-7-13/h1-2,5,8,13,17H,3-4,6-7,9-11,15H2. The first-order valence-electron chi connectivity index (χ1n) is 6.98. The molecule has 0 saturated heterocycles. The van der Waals surface area contributed by atoms with Crippen molar-refractivity contribution in [2.24, 2.45) is 0 Å². The summed E-state index contributed by atoms with van der Waals surface area (Å²) in [5.41, 5.74) is 6.97. The van der Waals surface area contributed by atoms with E-state index < -0.39 is 10.0 Å². The molecule has 20 heavy (non-hydrogen) atoms. The van der Waals surface area contributed by atoms with Crippen LogP contribution in [0.1, 0.15) is 31.2 Å². The van der Waals surface area contributed by atoms with E-state index in [-0.39, 0.29) is 18.4 Å². The van der Waals surface area contributed by atoms with E-state index in [9.17, 15) is 8.42 Å². The Balaban J connectivity index is 2.15. The Morgan fingerprint density at radius 2 is 2.00 bits per heavy atom. The average Bonchev–Trinajstić information content (AvgIpc) is 2.34. The van der Waals surface area contributed by atoms with Crippen LogP contribution in [-0.4, -0.2) is 37.0 Å². The highest BCUT2D eigenvalue weighted by atomic mass is 32.2. The van der Waals surface area contributed by atoms with Gasteiger partial charge in [0.1, 0.15) is 0 Å². The van der Waals surface area contributed by atoms with E-state index in [0.29, 0.717) is 24.2 Å². The number of nitrogens with zero attached hydrogens (tertiary/aromatic N) is 1. The van der Waals surface area contributed by atoms with Gasteiger partial charge in [0.2, 0.25) is 10.0 Å². The average molecular weight is 298 g/mol. The topological polar surface area (TPSA) is 83.6 Å². The van der Waals surface area contributed by atoms with Gasteiger partial charge in [-0.25, -0.2) is 8.42 Å². The number of para-hydroxylation sites is 1. The highest BCUT2D eigenvalue weighted by molar-refractivity contribution is 7.88. The molecule has 1 aromatic rings. The van der Waals surface area contributed by atoms with E-state index in [4.69, 9.17) is 10.8 Å². The monoisotopic (exact) mass is 298 g/mol. The van der Waals surface area contributed by atoms with Gasteiger partial charge in [0.25, 0.3) is 0 Å². The summed E-state index contributed by atoms with van der Waals surface area (Å²) in [6.07, 6.45) is 3.37. The van der Waals surface area contributed by atoms with E-state index in [1.807, 2.05) is 0 Å². The second kappa shape index (κ2) is 6.56. The number of nitrogen functional groups attached to an aromatic ring is 1.